The highest BCUT2D eigenvalue weighted by molar-refractivity contribution is 6.47. The van der Waals surface area contributed by atoms with E-state index in [2.05, 4.69) is 39.4 Å². The second-order valence-corrected chi connectivity index (χ2v) is 9.55. The summed E-state index contributed by atoms with van der Waals surface area (Å²) in [6.07, 6.45) is 0. The first-order valence-electron chi connectivity index (χ1n) is 12.7. The number of hydrogen-bond acceptors (Lipinski definition) is 4. The van der Waals surface area contributed by atoms with E-state index in [1.165, 1.54) is 5.56 Å². The van der Waals surface area contributed by atoms with Crippen molar-refractivity contribution in [3.63, 3.8) is 0 Å². The van der Waals surface area contributed by atoms with E-state index in [1.807, 2.05) is 80.7 Å². The van der Waals surface area contributed by atoms with Crippen molar-refractivity contribution in [2.75, 3.05) is 36.4 Å². The first-order chi connectivity index (χ1) is 18.0. The van der Waals surface area contributed by atoms with Crippen molar-refractivity contribution in [3.05, 3.63) is 108 Å². The number of piperazine rings is 1. The highest BCUT2D eigenvalue weighted by atomic mass is 16.2. The Balaban J connectivity index is 1.21. The number of benzene rings is 3. The summed E-state index contributed by atoms with van der Waals surface area (Å²) in [6.45, 7) is 6.81. The monoisotopic (exact) mass is 492 g/mol. The Kier molecular flexibility index (Phi) is 7.19. The van der Waals surface area contributed by atoms with Gasteiger partial charge in [-0.05, 0) is 48.4 Å². The lowest BCUT2D eigenvalue weighted by Gasteiger charge is -2.36. The van der Waals surface area contributed by atoms with E-state index >= 15 is 0 Å². The maximum atomic E-state index is 13.2. The third kappa shape index (κ3) is 5.49. The highest BCUT2D eigenvalue weighted by Crippen LogP contribution is 2.28. The molecule has 0 unspecified atom stereocenters. The zero-order valence-corrected chi connectivity index (χ0v) is 21.4. The molecular weight excluding hydrogens is 460 g/mol. The van der Waals surface area contributed by atoms with Gasteiger partial charge >= 0.3 is 0 Å². The number of aromatic nitrogens is 1. The van der Waals surface area contributed by atoms with Gasteiger partial charge in [-0.15, -0.1) is 0 Å². The molecule has 6 nitrogen and oxygen atoms in total. The van der Waals surface area contributed by atoms with Gasteiger partial charge in [0.2, 0.25) is 0 Å². The van der Waals surface area contributed by atoms with E-state index in [-0.39, 0.29) is 0 Å². The lowest BCUT2D eigenvalue weighted by Crippen LogP contribution is -2.45. The van der Waals surface area contributed by atoms with Gasteiger partial charge in [0.25, 0.3) is 11.7 Å². The van der Waals surface area contributed by atoms with Crippen molar-refractivity contribution in [1.29, 1.82) is 0 Å². The van der Waals surface area contributed by atoms with Crippen molar-refractivity contribution >= 4 is 23.1 Å². The fourth-order valence-corrected chi connectivity index (χ4v) is 4.90. The molecule has 1 aromatic heterocycles. The summed E-state index contributed by atoms with van der Waals surface area (Å²) in [6, 6.07) is 29.9. The van der Waals surface area contributed by atoms with Crippen molar-refractivity contribution in [1.82, 2.24) is 9.47 Å². The number of amides is 1. The minimum atomic E-state index is -0.638. The molecule has 1 saturated heterocycles. The smallest absolute Gasteiger partial charge is 0.298 e. The molecule has 1 fully saturated rings. The zero-order valence-electron chi connectivity index (χ0n) is 21.4. The van der Waals surface area contributed by atoms with E-state index < -0.39 is 11.7 Å². The average Bonchev–Trinajstić information content (AvgIpc) is 3.24. The normalized spacial score (nSPS) is 13.9. The molecule has 0 atom stereocenters. The van der Waals surface area contributed by atoms with Crippen molar-refractivity contribution in [3.8, 4) is 11.1 Å². The Bertz CT molecular complexity index is 1370. The molecule has 5 rings (SSSR count). The lowest BCUT2D eigenvalue weighted by atomic mass is 10.0. The molecule has 37 heavy (non-hydrogen) atoms. The predicted octanol–water partition coefficient (Wildman–Crippen LogP) is 5.14. The number of carbonyl (C=O) groups is 2. The minimum Gasteiger partial charge on any atom is -0.369 e. The molecule has 6 heteroatoms. The van der Waals surface area contributed by atoms with Crippen LogP contribution in [0, 0.1) is 6.92 Å². The van der Waals surface area contributed by atoms with Gasteiger partial charge in [-0.2, -0.15) is 0 Å². The van der Waals surface area contributed by atoms with E-state index in [0.717, 1.165) is 55.2 Å². The topological polar surface area (TPSA) is 57.6 Å². The summed E-state index contributed by atoms with van der Waals surface area (Å²) in [7, 11) is 1.82. The number of hydrogen-bond donors (Lipinski definition) is 1. The maximum absolute atomic E-state index is 13.2. The van der Waals surface area contributed by atoms with Gasteiger partial charge in [-0.1, -0.05) is 60.7 Å². The van der Waals surface area contributed by atoms with E-state index in [9.17, 15) is 9.59 Å². The Morgan fingerprint density at radius 2 is 1.43 bits per heavy atom. The summed E-state index contributed by atoms with van der Waals surface area (Å²) < 4.78 is 1.78. The molecule has 0 radical (unpaired) electrons. The van der Waals surface area contributed by atoms with Gasteiger partial charge < -0.3 is 14.8 Å². The van der Waals surface area contributed by atoms with Crippen LogP contribution in [0.5, 0.6) is 0 Å². The van der Waals surface area contributed by atoms with Gasteiger partial charge in [0, 0.05) is 62.4 Å². The largest absolute Gasteiger partial charge is 0.369 e. The first kappa shape index (κ1) is 24.5. The number of nitrogens with zero attached hydrogens (tertiary/aromatic N) is 3. The first-order valence-corrected chi connectivity index (χ1v) is 12.7. The van der Waals surface area contributed by atoms with E-state index in [1.54, 1.807) is 4.57 Å². The molecule has 188 valence electrons. The van der Waals surface area contributed by atoms with Crippen LogP contribution in [-0.2, 0) is 18.4 Å². The second-order valence-electron chi connectivity index (χ2n) is 9.55. The third-order valence-electron chi connectivity index (χ3n) is 7.09. The molecule has 4 aromatic rings. The van der Waals surface area contributed by atoms with Gasteiger partial charge in [0.1, 0.15) is 5.69 Å². The number of aryl methyl sites for hydroxylation is 1. The molecule has 0 spiro atoms. The second kappa shape index (κ2) is 10.8. The zero-order chi connectivity index (χ0) is 25.8. The summed E-state index contributed by atoms with van der Waals surface area (Å²) >= 11 is 0. The Morgan fingerprint density at radius 1 is 0.811 bits per heavy atom. The molecule has 1 N–H and O–H groups in total. The van der Waals surface area contributed by atoms with Gasteiger partial charge in [-0.3, -0.25) is 14.5 Å². The van der Waals surface area contributed by atoms with E-state index in [4.69, 9.17) is 0 Å². The molecular formula is C31H32N4O2. The van der Waals surface area contributed by atoms with Crippen LogP contribution in [0.3, 0.4) is 0 Å². The number of carbonyl (C=O) groups excluding carboxylic acids is 2. The Morgan fingerprint density at radius 3 is 2.08 bits per heavy atom. The summed E-state index contributed by atoms with van der Waals surface area (Å²) in [5, 5.41) is 2.79. The van der Waals surface area contributed by atoms with Crippen LogP contribution >= 0.6 is 0 Å². The summed E-state index contributed by atoms with van der Waals surface area (Å²) in [5.41, 5.74) is 6.06. The molecule has 0 saturated carbocycles. The van der Waals surface area contributed by atoms with Crippen LogP contribution in [-0.4, -0.2) is 47.3 Å². The summed E-state index contributed by atoms with van der Waals surface area (Å²) in [5.74, 6) is -1.19. The third-order valence-corrected chi connectivity index (χ3v) is 7.09. The lowest BCUT2D eigenvalue weighted by molar-refractivity contribution is -0.112. The van der Waals surface area contributed by atoms with Crippen LogP contribution < -0.4 is 10.2 Å². The Hall–Kier alpha value is -4.16. The molecule has 3 aromatic carbocycles. The molecule has 0 aliphatic carbocycles. The number of ketones is 1. The number of anilines is 2. The van der Waals surface area contributed by atoms with Crippen LogP contribution in [0.15, 0.2) is 91.0 Å². The Labute approximate surface area is 218 Å². The van der Waals surface area contributed by atoms with Crippen LogP contribution in [0.25, 0.3) is 11.1 Å². The molecule has 1 aliphatic heterocycles. The molecule has 1 amide bonds. The van der Waals surface area contributed by atoms with Gasteiger partial charge in [0.05, 0.1) is 0 Å². The highest BCUT2D eigenvalue weighted by Gasteiger charge is 2.25. The van der Waals surface area contributed by atoms with Crippen molar-refractivity contribution < 1.29 is 9.59 Å². The minimum absolute atomic E-state index is 0.395. The SMILES string of the molecule is Cc1cc(-c2ccccc2)c(C(=O)C(=O)Nc2ccc(N3CCN(Cc4ccccc4)CC3)cc2)n1C. The van der Waals surface area contributed by atoms with E-state index in [0.29, 0.717) is 11.4 Å². The molecule has 2 heterocycles. The van der Waals surface area contributed by atoms with Gasteiger partial charge in [0.15, 0.2) is 0 Å². The molecule has 1 aliphatic rings. The predicted molar refractivity (Wildman–Crippen MR) is 149 cm³/mol. The van der Waals surface area contributed by atoms with Gasteiger partial charge in [-0.25, -0.2) is 0 Å². The van der Waals surface area contributed by atoms with Crippen LogP contribution in [0.4, 0.5) is 11.4 Å². The number of nitrogens with one attached hydrogen (secondary N) is 1. The van der Waals surface area contributed by atoms with Crippen molar-refractivity contribution in [2.45, 2.75) is 13.5 Å². The average molecular weight is 493 g/mol. The van der Waals surface area contributed by atoms with Crippen LogP contribution in [0.1, 0.15) is 21.7 Å². The van der Waals surface area contributed by atoms with Crippen molar-refractivity contribution in [2.24, 2.45) is 7.05 Å². The quantitative estimate of drug-likeness (QED) is 0.287. The fraction of sp³-hybridized carbons (Fsp3) is 0.226. The molecule has 0 bridgehead atoms. The standard InChI is InChI=1S/C31H32N4O2/c1-23-21-28(25-11-7-4-8-12-25)29(33(23)2)30(36)31(37)32-26-13-15-27(16-14-26)35-19-17-34(18-20-35)22-24-9-5-3-6-10-24/h3-16,21H,17-20,22H2,1-2H3,(H,32,37). The maximum Gasteiger partial charge on any atom is 0.298 e. The number of rotatable bonds is 7. The number of Topliss-reactive ketones (excluding diaryl/α,β-unsaturated/α-hetero) is 1. The fourth-order valence-electron chi connectivity index (χ4n) is 4.90. The summed E-state index contributed by atoms with van der Waals surface area (Å²) in [4.78, 5) is 31.0. The van der Waals surface area contributed by atoms with Crippen LogP contribution in [0.2, 0.25) is 0 Å².